The van der Waals surface area contributed by atoms with Crippen LogP contribution in [0.25, 0.3) is 0 Å². The molecule has 4 rings (SSSR count). The molecule has 2 heterocycles. The molecule has 252 valence electrons. The third kappa shape index (κ3) is 7.89. The summed E-state index contributed by atoms with van der Waals surface area (Å²) >= 11 is 0.771. The molecule has 0 unspecified atom stereocenters. The first-order valence-corrected chi connectivity index (χ1v) is 19.2. The van der Waals surface area contributed by atoms with Crippen LogP contribution in [0.15, 0.2) is 70.1 Å². The van der Waals surface area contributed by atoms with Gasteiger partial charge in [-0.15, -0.1) is 4.33 Å². The highest BCUT2D eigenvalue weighted by Gasteiger charge is 2.45. The molecule has 2 aliphatic heterocycles. The fourth-order valence-corrected chi connectivity index (χ4v) is 7.71. The van der Waals surface area contributed by atoms with E-state index in [0.29, 0.717) is 33.2 Å². The summed E-state index contributed by atoms with van der Waals surface area (Å²) in [4.78, 5) is 2.07. The highest BCUT2D eigenvalue weighted by atomic mass is 32.2. The van der Waals surface area contributed by atoms with Gasteiger partial charge in [0.1, 0.15) is 6.54 Å². The molecule has 0 amide bonds. The van der Waals surface area contributed by atoms with Crippen molar-refractivity contribution in [3.8, 4) is 0 Å². The van der Waals surface area contributed by atoms with E-state index in [-0.39, 0.29) is 24.4 Å². The zero-order chi connectivity index (χ0) is 34.3. The molecule has 0 bridgehead atoms. The van der Waals surface area contributed by atoms with Crippen molar-refractivity contribution < 1.29 is 58.1 Å². The largest absolute Gasteiger partial charge is 0.343 e. The second kappa shape index (κ2) is 13.1. The minimum atomic E-state index is -4.51. The molecule has 0 fully saturated rings. The van der Waals surface area contributed by atoms with Crippen LogP contribution in [0, 0.1) is 0 Å². The monoisotopic (exact) mass is 719 g/mol. The Bertz CT molecular complexity index is 1950. The smallest absolute Gasteiger partial charge is 0.294 e. The first-order chi connectivity index (χ1) is 21.2. The van der Waals surface area contributed by atoms with Crippen LogP contribution in [0.3, 0.4) is 0 Å². The predicted molar refractivity (Wildman–Crippen MR) is 171 cm³/mol. The maximum absolute atomic E-state index is 11.9. The van der Waals surface area contributed by atoms with Crippen molar-refractivity contribution in [2.24, 2.45) is 0 Å². The van der Waals surface area contributed by atoms with Gasteiger partial charge >= 0.3 is 0 Å². The van der Waals surface area contributed by atoms with E-state index in [1.165, 1.54) is 18.2 Å². The Morgan fingerprint density at radius 3 is 2.17 bits per heavy atom. The summed E-state index contributed by atoms with van der Waals surface area (Å²) < 4.78 is 105. The molecule has 46 heavy (non-hydrogen) atoms. The number of benzene rings is 2. The zero-order valence-electron chi connectivity index (χ0n) is 25.3. The molecule has 0 radical (unpaired) electrons. The highest BCUT2D eigenvalue weighted by Crippen LogP contribution is 2.49. The normalized spacial score (nSPS) is 18.5. The lowest BCUT2D eigenvalue weighted by molar-refractivity contribution is -0.437. The van der Waals surface area contributed by atoms with Gasteiger partial charge in [-0.25, -0.2) is 5.26 Å². The summed E-state index contributed by atoms with van der Waals surface area (Å²) in [6.07, 6.45) is 5.37. The minimum Gasteiger partial charge on any atom is -0.343 e. The fraction of sp³-hybridized carbons (Fsp3) is 0.393. The van der Waals surface area contributed by atoms with Crippen LogP contribution in [0.1, 0.15) is 45.2 Å². The summed E-state index contributed by atoms with van der Waals surface area (Å²) in [7, 11) is -13.0. The number of allylic oxidation sites excluding steroid dienone is 4. The number of rotatable bonds is 13. The first-order valence-electron chi connectivity index (χ1n) is 13.8. The molecule has 4 N–H and O–H groups in total. The van der Waals surface area contributed by atoms with Gasteiger partial charge in [0.25, 0.3) is 30.4 Å². The number of anilines is 1. The maximum Gasteiger partial charge on any atom is 0.294 e. The first kappa shape index (κ1) is 36.2. The third-order valence-corrected chi connectivity index (χ3v) is 11.0. The van der Waals surface area contributed by atoms with Crippen LogP contribution in [0.4, 0.5) is 11.4 Å². The molecule has 0 atom stereocenters. The fourth-order valence-electron chi connectivity index (χ4n) is 5.90. The highest BCUT2D eigenvalue weighted by molar-refractivity contribution is 7.94. The SMILES string of the molecule is CC1(C)C(=CC=CC2=[N+](CCCS(=O)(=O)O)c3ccc(S(=O)(=O)O)cc3C2(C)C)N(CCS(=O)(=O)O)c2ccc(SOOO)cc21. The minimum absolute atomic E-state index is 0.0595. The standard InChI is InChI=1S/C28H34N2O12S4/c1-27(2)21-17-19(43-42-41-31)9-11-23(21)30(14-16-45(35,36)37)26(27)8-5-7-25-28(3,4)22-18-20(46(38,39)40)10-12-24(22)29(25)13-6-15-44(32,33)34/h5,7-12,17-18H,6,13-16H2,1-4H3,(H3-,31,32,33,34,35,36,37,38,39,40)/p+1. The van der Waals surface area contributed by atoms with Crippen LogP contribution in [0.2, 0.25) is 0 Å². The van der Waals surface area contributed by atoms with Gasteiger partial charge in [0.05, 0.1) is 33.9 Å². The van der Waals surface area contributed by atoms with Gasteiger partial charge in [0.15, 0.2) is 5.71 Å². The Morgan fingerprint density at radius 1 is 0.891 bits per heavy atom. The summed E-state index contributed by atoms with van der Waals surface area (Å²) in [6, 6.07) is 9.40. The van der Waals surface area contributed by atoms with E-state index in [2.05, 4.69) is 9.37 Å². The molecule has 18 heteroatoms. The van der Waals surface area contributed by atoms with Crippen molar-refractivity contribution in [2.75, 3.05) is 29.5 Å². The molecule has 14 nitrogen and oxygen atoms in total. The average molecular weight is 720 g/mol. The van der Waals surface area contributed by atoms with Gasteiger partial charge in [-0.05, 0) is 55.8 Å². The Labute approximate surface area is 272 Å². The van der Waals surface area contributed by atoms with Crippen LogP contribution in [-0.2, 0) is 50.6 Å². The van der Waals surface area contributed by atoms with Crippen molar-refractivity contribution in [2.45, 2.75) is 54.7 Å². The lowest BCUT2D eigenvalue weighted by Gasteiger charge is -2.26. The number of hydrogen-bond donors (Lipinski definition) is 4. The lowest BCUT2D eigenvalue weighted by Crippen LogP contribution is -2.30. The van der Waals surface area contributed by atoms with Gasteiger partial charge in [-0.2, -0.15) is 29.8 Å². The molecule has 0 saturated heterocycles. The van der Waals surface area contributed by atoms with Gasteiger partial charge < -0.3 is 4.90 Å². The van der Waals surface area contributed by atoms with Gasteiger partial charge in [-0.1, -0.05) is 25.0 Å². The second-order valence-electron chi connectivity index (χ2n) is 11.8. The topological polar surface area (TPSA) is 208 Å². The van der Waals surface area contributed by atoms with E-state index < -0.39 is 52.7 Å². The van der Waals surface area contributed by atoms with Crippen LogP contribution < -0.4 is 4.90 Å². The maximum atomic E-state index is 11.9. The van der Waals surface area contributed by atoms with Crippen LogP contribution in [0.5, 0.6) is 0 Å². The molecular weight excluding hydrogens is 685 g/mol. The van der Waals surface area contributed by atoms with E-state index in [4.69, 9.17) is 5.26 Å². The van der Waals surface area contributed by atoms with Crippen molar-refractivity contribution in [1.29, 1.82) is 0 Å². The van der Waals surface area contributed by atoms with Crippen molar-refractivity contribution in [3.05, 3.63) is 71.5 Å². The van der Waals surface area contributed by atoms with Crippen molar-refractivity contribution in [1.82, 2.24) is 0 Å². The van der Waals surface area contributed by atoms with Gasteiger partial charge in [0.2, 0.25) is 5.69 Å². The summed E-state index contributed by atoms with van der Waals surface area (Å²) in [6.45, 7) is 7.65. The summed E-state index contributed by atoms with van der Waals surface area (Å²) in [5, 5.41) is 12.3. The molecular formula is C28H35N2O12S4+. The number of hydrogen-bond acceptors (Lipinski definition) is 11. The zero-order valence-corrected chi connectivity index (χ0v) is 28.6. The molecule has 0 aliphatic carbocycles. The van der Waals surface area contributed by atoms with E-state index in [1.807, 2.05) is 32.3 Å². The third-order valence-electron chi connectivity index (χ3n) is 8.05. The molecule has 2 aromatic rings. The Hall–Kier alpha value is -2.65. The summed E-state index contributed by atoms with van der Waals surface area (Å²) in [5.74, 6) is -1.03. The van der Waals surface area contributed by atoms with E-state index in [0.717, 1.165) is 17.6 Å². The van der Waals surface area contributed by atoms with E-state index in [1.54, 1.807) is 41.3 Å². The Balaban J connectivity index is 1.80. The number of nitrogens with zero attached hydrogens (tertiary/aromatic N) is 2. The van der Waals surface area contributed by atoms with Crippen LogP contribution in [-0.4, -0.2) is 79.1 Å². The van der Waals surface area contributed by atoms with E-state index in [9.17, 15) is 38.9 Å². The molecule has 0 aromatic heterocycles. The molecule has 2 aliphatic rings. The molecule has 2 aromatic carbocycles. The predicted octanol–water partition coefficient (Wildman–Crippen LogP) is 4.14. The van der Waals surface area contributed by atoms with Gasteiger partial charge in [0, 0.05) is 52.4 Å². The molecule has 0 spiro atoms. The molecule has 0 saturated carbocycles. The van der Waals surface area contributed by atoms with Crippen LogP contribution >= 0.6 is 12.0 Å². The van der Waals surface area contributed by atoms with Crippen molar-refractivity contribution >= 4 is 59.5 Å². The quantitative estimate of drug-likeness (QED) is 0.0755. The number of fused-ring (bicyclic) bond motifs is 2. The summed E-state index contributed by atoms with van der Waals surface area (Å²) in [5.41, 5.74) is 2.51. The van der Waals surface area contributed by atoms with Crippen molar-refractivity contribution in [3.63, 3.8) is 0 Å². The van der Waals surface area contributed by atoms with Gasteiger partial charge in [-0.3, -0.25) is 13.7 Å². The lowest BCUT2D eigenvalue weighted by atomic mass is 9.81. The average Bonchev–Trinajstić information content (AvgIpc) is 3.27. The van der Waals surface area contributed by atoms with E-state index >= 15 is 0 Å². The Morgan fingerprint density at radius 2 is 1.57 bits per heavy atom. The second-order valence-corrected chi connectivity index (χ2v) is 17.2. The Kier molecular flexibility index (Phi) is 10.3.